The number of rotatable bonds is 3. The van der Waals surface area contributed by atoms with Gasteiger partial charge in [-0.25, -0.2) is 4.99 Å². The topological polar surface area (TPSA) is 21.6 Å². The summed E-state index contributed by atoms with van der Waals surface area (Å²) in [5, 5.41) is 0. The predicted molar refractivity (Wildman–Crippen MR) is 57.6 cm³/mol. The van der Waals surface area contributed by atoms with E-state index < -0.39 is 0 Å². The third-order valence-electron chi connectivity index (χ3n) is 2.39. The lowest BCUT2D eigenvalue weighted by Crippen LogP contribution is -2.09. The first-order valence-corrected chi connectivity index (χ1v) is 5.12. The van der Waals surface area contributed by atoms with Crippen LogP contribution in [0.1, 0.15) is 18.9 Å². The van der Waals surface area contributed by atoms with Crippen molar-refractivity contribution in [3.63, 3.8) is 0 Å². The zero-order valence-electron chi connectivity index (χ0n) is 8.44. The number of aliphatic imine (C=N–C) groups is 1. The lowest BCUT2D eigenvalue weighted by molar-refractivity contribution is 0.310. The normalized spacial score (nSPS) is 20.4. The molecule has 0 aromatic heterocycles. The third kappa shape index (κ3) is 2.13. The fraction of sp³-hybridized carbons (Fsp3) is 0.417. The molecule has 0 saturated carbocycles. The van der Waals surface area contributed by atoms with Gasteiger partial charge < -0.3 is 4.74 Å². The van der Waals surface area contributed by atoms with Crippen LogP contribution in [0.2, 0.25) is 0 Å². The van der Waals surface area contributed by atoms with Crippen LogP contribution in [-0.4, -0.2) is 18.5 Å². The first-order valence-electron chi connectivity index (χ1n) is 5.12. The van der Waals surface area contributed by atoms with Gasteiger partial charge in [0.15, 0.2) is 5.90 Å². The van der Waals surface area contributed by atoms with E-state index in [2.05, 4.69) is 36.2 Å². The molecule has 0 aliphatic carbocycles. The van der Waals surface area contributed by atoms with Gasteiger partial charge in [0.05, 0.1) is 6.04 Å². The predicted octanol–water partition coefficient (Wildman–Crippen LogP) is 2.44. The highest BCUT2D eigenvalue weighted by molar-refractivity contribution is 5.77. The lowest BCUT2D eigenvalue weighted by Gasteiger charge is -2.04. The van der Waals surface area contributed by atoms with E-state index in [4.69, 9.17) is 4.74 Å². The summed E-state index contributed by atoms with van der Waals surface area (Å²) in [7, 11) is 0. The van der Waals surface area contributed by atoms with Gasteiger partial charge in [-0.2, -0.15) is 0 Å². The largest absolute Gasteiger partial charge is 0.479 e. The smallest absolute Gasteiger partial charge is 0.183 e. The molecule has 74 valence electrons. The van der Waals surface area contributed by atoms with Gasteiger partial charge in [-0.3, -0.25) is 0 Å². The van der Waals surface area contributed by atoms with Gasteiger partial charge in [0.25, 0.3) is 0 Å². The summed E-state index contributed by atoms with van der Waals surface area (Å²) < 4.78 is 5.44. The van der Waals surface area contributed by atoms with Crippen molar-refractivity contribution in [3.8, 4) is 0 Å². The maximum absolute atomic E-state index is 5.44. The number of hydrogen-bond donors (Lipinski definition) is 0. The second kappa shape index (κ2) is 4.27. The monoisotopic (exact) mass is 189 g/mol. The van der Waals surface area contributed by atoms with Crippen LogP contribution in [0.5, 0.6) is 0 Å². The number of nitrogens with zero attached hydrogens (tertiary/aromatic N) is 1. The fourth-order valence-corrected chi connectivity index (χ4v) is 1.65. The van der Waals surface area contributed by atoms with Crippen LogP contribution in [-0.2, 0) is 11.2 Å². The van der Waals surface area contributed by atoms with E-state index in [0.29, 0.717) is 6.04 Å². The van der Waals surface area contributed by atoms with Crippen LogP contribution in [0.15, 0.2) is 35.3 Å². The maximum atomic E-state index is 5.44. The Bertz CT molecular complexity index is 318. The van der Waals surface area contributed by atoms with Crippen LogP contribution in [0.3, 0.4) is 0 Å². The fourth-order valence-electron chi connectivity index (χ4n) is 1.65. The molecule has 0 spiro atoms. The van der Waals surface area contributed by atoms with Crippen molar-refractivity contribution < 1.29 is 4.74 Å². The van der Waals surface area contributed by atoms with Gasteiger partial charge in [-0.1, -0.05) is 37.3 Å². The van der Waals surface area contributed by atoms with Crippen molar-refractivity contribution >= 4 is 5.90 Å². The SMILES string of the molecule is CCC1=N[C@@H](Cc2ccccc2)CO1. The van der Waals surface area contributed by atoms with Crippen LogP contribution in [0.4, 0.5) is 0 Å². The minimum atomic E-state index is 0.326. The standard InChI is InChI=1S/C12H15NO/c1-2-12-13-11(9-14-12)8-10-6-4-3-5-7-10/h3-7,11H,2,8-9H2,1H3/t11-/m0/s1. The first-order chi connectivity index (χ1) is 6.88. The Kier molecular flexibility index (Phi) is 2.82. The van der Waals surface area contributed by atoms with E-state index in [0.717, 1.165) is 25.3 Å². The Hall–Kier alpha value is -1.31. The van der Waals surface area contributed by atoms with Gasteiger partial charge in [0.1, 0.15) is 6.61 Å². The molecule has 0 bridgehead atoms. The van der Waals surface area contributed by atoms with Crippen molar-refractivity contribution in [2.24, 2.45) is 4.99 Å². The molecule has 1 aliphatic rings. The van der Waals surface area contributed by atoms with E-state index in [1.54, 1.807) is 0 Å². The highest BCUT2D eigenvalue weighted by atomic mass is 16.5. The van der Waals surface area contributed by atoms with Crippen LogP contribution in [0.25, 0.3) is 0 Å². The summed E-state index contributed by atoms with van der Waals surface area (Å²) in [6.07, 6.45) is 1.90. The molecule has 0 amide bonds. The second-order valence-corrected chi connectivity index (χ2v) is 3.53. The molecule has 1 aliphatic heterocycles. The Morgan fingerprint density at radius 2 is 2.14 bits per heavy atom. The molecule has 2 heteroatoms. The first kappa shape index (κ1) is 9.25. The minimum Gasteiger partial charge on any atom is -0.479 e. The van der Waals surface area contributed by atoms with Gasteiger partial charge in [-0.05, 0) is 12.0 Å². The molecule has 1 aromatic carbocycles. The minimum absolute atomic E-state index is 0.326. The molecular weight excluding hydrogens is 174 g/mol. The number of ether oxygens (including phenoxy) is 1. The van der Waals surface area contributed by atoms with Crippen LogP contribution >= 0.6 is 0 Å². The van der Waals surface area contributed by atoms with Crippen molar-refractivity contribution in [1.82, 2.24) is 0 Å². The molecule has 0 fully saturated rings. The van der Waals surface area contributed by atoms with E-state index >= 15 is 0 Å². The highest BCUT2D eigenvalue weighted by Gasteiger charge is 2.17. The van der Waals surface area contributed by atoms with Gasteiger partial charge in [-0.15, -0.1) is 0 Å². The molecule has 0 N–H and O–H groups in total. The molecule has 2 nitrogen and oxygen atoms in total. The summed E-state index contributed by atoms with van der Waals surface area (Å²) in [6, 6.07) is 10.8. The Morgan fingerprint density at radius 1 is 1.36 bits per heavy atom. The molecule has 1 atom stereocenters. The van der Waals surface area contributed by atoms with E-state index in [-0.39, 0.29) is 0 Å². The summed E-state index contributed by atoms with van der Waals surface area (Å²) >= 11 is 0. The van der Waals surface area contributed by atoms with Crippen molar-refractivity contribution in [1.29, 1.82) is 0 Å². The maximum Gasteiger partial charge on any atom is 0.183 e. The lowest BCUT2D eigenvalue weighted by atomic mass is 10.1. The van der Waals surface area contributed by atoms with Gasteiger partial charge >= 0.3 is 0 Å². The summed E-state index contributed by atoms with van der Waals surface area (Å²) in [5.41, 5.74) is 1.34. The average molecular weight is 189 g/mol. The summed E-state index contributed by atoms with van der Waals surface area (Å²) in [6.45, 7) is 2.82. The Morgan fingerprint density at radius 3 is 2.79 bits per heavy atom. The molecule has 14 heavy (non-hydrogen) atoms. The Balaban J connectivity index is 1.97. The Labute approximate surface area is 84.6 Å². The van der Waals surface area contributed by atoms with Crippen molar-refractivity contribution in [3.05, 3.63) is 35.9 Å². The summed E-state index contributed by atoms with van der Waals surface area (Å²) in [4.78, 5) is 4.50. The zero-order chi connectivity index (χ0) is 9.80. The molecule has 0 saturated heterocycles. The number of hydrogen-bond acceptors (Lipinski definition) is 2. The van der Waals surface area contributed by atoms with E-state index in [1.165, 1.54) is 5.56 Å². The van der Waals surface area contributed by atoms with Crippen molar-refractivity contribution in [2.45, 2.75) is 25.8 Å². The van der Waals surface area contributed by atoms with Crippen LogP contribution in [0, 0.1) is 0 Å². The quantitative estimate of drug-likeness (QED) is 0.715. The van der Waals surface area contributed by atoms with Crippen molar-refractivity contribution in [2.75, 3.05) is 6.61 Å². The molecule has 0 radical (unpaired) electrons. The van der Waals surface area contributed by atoms with Gasteiger partial charge in [0, 0.05) is 6.42 Å². The molecule has 1 heterocycles. The molecule has 0 unspecified atom stereocenters. The molecule has 1 aromatic rings. The average Bonchev–Trinajstić information content (AvgIpc) is 2.67. The van der Waals surface area contributed by atoms with E-state index in [9.17, 15) is 0 Å². The third-order valence-corrected chi connectivity index (χ3v) is 2.39. The second-order valence-electron chi connectivity index (χ2n) is 3.53. The summed E-state index contributed by atoms with van der Waals surface area (Å²) in [5.74, 6) is 0.908. The molecular formula is C12H15NO. The van der Waals surface area contributed by atoms with E-state index in [1.807, 2.05) is 6.07 Å². The van der Waals surface area contributed by atoms with Gasteiger partial charge in [0.2, 0.25) is 0 Å². The highest BCUT2D eigenvalue weighted by Crippen LogP contribution is 2.12. The van der Waals surface area contributed by atoms with Crippen LogP contribution < -0.4 is 0 Å². The molecule has 2 rings (SSSR count). The zero-order valence-corrected chi connectivity index (χ0v) is 8.44. The number of benzene rings is 1.